The SMILES string of the molecule is C#CCN(CC1CC1)C(=O)NCCC(=O)O. The first-order valence-electron chi connectivity index (χ1n) is 5.31. The molecule has 0 unspecified atom stereocenters. The Bertz CT molecular complexity index is 305. The van der Waals surface area contributed by atoms with Gasteiger partial charge in [0, 0.05) is 13.1 Å². The molecule has 2 amide bonds. The molecule has 1 aliphatic rings. The van der Waals surface area contributed by atoms with Gasteiger partial charge < -0.3 is 15.3 Å². The third kappa shape index (κ3) is 4.69. The molecule has 5 nitrogen and oxygen atoms in total. The summed E-state index contributed by atoms with van der Waals surface area (Å²) in [6.45, 7) is 1.08. The van der Waals surface area contributed by atoms with Crippen LogP contribution in [0, 0.1) is 18.3 Å². The highest BCUT2D eigenvalue weighted by Gasteiger charge is 2.26. The first kappa shape index (κ1) is 12.4. The molecule has 1 saturated carbocycles. The summed E-state index contributed by atoms with van der Waals surface area (Å²) < 4.78 is 0. The number of urea groups is 1. The number of hydrogen-bond donors (Lipinski definition) is 2. The molecule has 0 saturated heterocycles. The van der Waals surface area contributed by atoms with E-state index in [-0.39, 0.29) is 25.5 Å². The molecule has 0 aliphatic heterocycles. The molecule has 1 rings (SSSR count). The maximum absolute atomic E-state index is 11.6. The van der Waals surface area contributed by atoms with Gasteiger partial charge in [0.1, 0.15) is 0 Å². The number of rotatable bonds is 6. The highest BCUT2D eigenvalue weighted by Crippen LogP contribution is 2.29. The summed E-state index contributed by atoms with van der Waals surface area (Å²) in [5.74, 6) is 2.07. The number of carbonyl (C=O) groups is 2. The number of carbonyl (C=O) groups excluding carboxylic acids is 1. The lowest BCUT2D eigenvalue weighted by molar-refractivity contribution is -0.136. The van der Waals surface area contributed by atoms with Crippen LogP contribution in [0.5, 0.6) is 0 Å². The molecule has 0 bridgehead atoms. The fraction of sp³-hybridized carbons (Fsp3) is 0.636. The molecule has 0 aromatic heterocycles. The second-order valence-electron chi connectivity index (χ2n) is 3.90. The lowest BCUT2D eigenvalue weighted by atomic mass is 10.3. The van der Waals surface area contributed by atoms with Crippen molar-refractivity contribution in [2.45, 2.75) is 19.3 Å². The molecule has 0 atom stereocenters. The zero-order valence-corrected chi connectivity index (χ0v) is 9.11. The van der Waals surface area contributed by atoms with Crippen LogP contribution in [0.3, 0.4) is 0 Å². The summed E-state index contributed by atoms with van der Waals surface area (Å²) in [5, 5.41) is 11.0. The Kier molecular flexibility index (Phi) is 4.65. The van der Waals surface area contributed by atoms with Crippen molar-refractivity contribution in [3.8, 4) is 12.3 Å². The second-order valence-corrected chi connectivity index (χ2v) is 3.90. The van der Waals surface area contributed by atoms with E-state index in [0.29, 0.717) is 12.5 Å². The number of aliphatic carboxylic acids is 1. The van der Waals surface area contributed by atoms with Crippen LogP contribution in [0.15, 0.2) is 0 Å². The van der Waals surface area contributed by atoms with Crippen molar-refractivity contribution in [1.82, 2.24) is 10.2 Å². The molecule has 0 aromatic rings. The summed E-state index contributed by atoms with van der Waals surface area (Å²) in [6, 6.07) is -0.272. The van der Waals surface area contributed by atoms with Crippen molar-refractivity contribution in [3.05, 3.63) is 0 Å². The molecule has 16 heavy (non-hydrogen) atoms. The number of amides is 2. The smallest absolute Gasteiger partial charge is 0.318 e. The standard InChI is InChI=1S/C11H16N2O3/c1-2-7-13(8-9-3-4-9)11(16)12-6-5-10(14)15/h1,9H,3-8H2,(H,12,16)(H,14,15). The van der Waals surface area contributed by atoms with Crippen molar-refractivity contribution >= 4 is 12.0 Å². The predicted molar refractivity (Wildman–Crippen MR) is 58.8 cm³/mol. The number of hydrogen-bond acceptors (Lipinski definition) is 2. The van der Waals surface area contributed by atoms with Crippen molar-refractivity contribution in [2.24, 2.45) is 5.92 Å². The molecule has 0 spiro atoms. The predicted octanol–water partition coefficient (Wildman–Crippen LogP) is 0.516. The van der Waals surface area contributed by atoms with Gasteiger partial charge in [0.15, 0.2) is 0 Å². The molecule has 0 heterocycles. The highest BCUT2D eigenvalue weighted by molar-refractivity contribution is 5.75. The van der Waals surface area contributed by atoms with Crippen LogP contribution in [0.1, 0.15) is 19.3 Å². The Labute approximate surface area is 94.8 Å². The van der Waals surface area contributed by atoms with Gasteiger partial charge in [0.2, 0.25) is 0 Å². The van der Waals surface area contributed by atoms with Gasteiger partial charge >= 0.3 is 12.0 Å². The van der Waals surface area contributed by atoms with Crippen molar-refractivity contribution in [3.63, 3.8) is 0 Å². The lowest BCUT2D eigenvalue weighted by Crippen LogP contribution is -2.42. The van der Waals surface area contributed by atoms with E-state index in [4.69, 9.17) is 11.5 Å². The third-order valence-corrected chi connectivity index (χ3v) is 2.36. The van der Waals surface area contributed by atoms with Gasteiger partial charge in [-0.2, -0.15) is 0 Å². The van der Waals surface area contributed by atoms with Gasteiger partial charge in [-0.15, -0.1) is 6.42 Å². The van der Waals surface area contributed by atoms with Gasteiger partial charge in [-0.25, -0.2) is 4.79 Å². The molecule has 2 N–H and O–H groups in total. The number of carboxylic acids is 1. The number of nitrogens with one attached hydrogen (secondary N) is 1. The van der Waals surface area contributed by atoms with Crippen LogP contribution in [0.2, 0.25) is 0 Å². The normalized spacial score (nSPS) is 13.9. The van der Waals surface area contributed by atoms with Crippen LogP contribution in [0.4, 0.5) is 4.79 Å². The maximum atomic E-state index is 11.6. The van der Waals surface area contributed by atoms with Gasteiger partial charge in [-0.05, 0) is 18.8 Å². The molecular weight excluding hydrogens is 208 g/mol. The quantitative estimate of drug-likeness (QED) is 0.646. The van der Waals surface area contributed by atoms with E-state index in [1.165, 1.54) is 0 Å². The maximum Gasteiger partial charge on any atom is 0.318 e. The van der Waals surface area contributed by atoms with E-state index in [1.807, 2.05) is 0 Å². The monoisotopic (exact) mass is 224 g/mol. The Morgan fingerprint density at radius 2 is 2.19 bits per heavy atom. The van der Waals surface area contributed by atoms with Gasteiger partial charge in [0.25, 0.3) is 0 Å². The van der Waals surface area contributed by atoms with Crippen LogP contribution in [-0.4, -0.2) is 41.6 Å². The van der Waals surface area contributed by atoms with Crippen LogP contribution >= 0.6 is 0 Å². The molecule has 1 fully saturated rings. The van der Waals surface area contributed by atoms with Crippen molar-refractivity contribution < 1.29 is 14.7 Å². The van der Waals surface area contributed by atoms with Gasteiger partial charge in [0.05, 0.1) is 13.0 Å². The average Bonchev–Trinajstić information content (AvgIpc) is 3.00. The molecule has 0 radical (unpaired) electrons. The molecular formula is C11H16N2O3. The van der Waals surface area contributed by atoms with Crippen LogP contribution in [0.25, 0.3) is 0 Å². The second kappa shape index (κ2) is 6.01. The number of terminal acetylenes is 1. The minimum absolute atomic E-state index is 0.0704. The summed E-state index contributed by atoms with van der Waals surface area (Å²) >= 11 is 0. The van der Waals surface area contributed by atoms with E-state index in [1.54, 1.807) is 4.90 Å². The first-order chi connectivity index (χ1) is 7.63. The van der Waals surface area contributed by atoms with E-state index in [0.717, 1.165) is 12.8 Å². The van der Waals surface area contributed by atoms with Gasteiger partial charge in [-0.1, -0.05) is 5.92 Å². The topological polar surface area (TPSA) is 69.6 Å². The molecule has 88 valence electrons. The third-order valence-electron chi connectivity index (χ3n) is 2.36. The van der Waals surface area contributed by atoms with E-state index >= 15 is 0 Å². The summed E-state index contributed by atoms with van der Waals surface area (Å²) in [6.07, 6.45) is 7.39. The largest absolute Gasteiger partial charge is 0.481 e. The summed E-state index contributed by atoms with van der Waals surface area (Å²) in [7, 11) is 0. The molecule has 1 aliphatic carbocycles. The lowest BCUT2D eigenvalue weighted by Gasteiger charge is -2.20. The van der Waals surface area contributed by atoms with E-state index < -0.39 is 5.97 Å². The number of nitrogens with zero attached hydrogens (tertiary/aromatic N) is 1. The fourth-order valence-corrected chi connectivity index (χ4v) is 1.33. The first-order valence-corrected chi connectivity index (χ1v) is 5.31. The fourth-order valence-electron chi connectivity index (χ4n) is 1.33. The Morgan fingerprint density at radius 1 is 1.50 bits per heavy atom. The molecule has 0 aromatic carbocycles. The highest BCUT2D eigenvalue weighted by atomic mass is 16.4. The minimum atomic E-state index is -0.925. The van der Waals surface area contributed by atoms with Crippen molar-refractivity contribution in [2.75, 3.05) is 19.6 Å². The average molecular weight is 224 g/mol. The van der Waals surface area contributed by atoms with Gasteiger partial charge in [-0.3, -0.25) is 4.79 Å². The Balaban J connectivity index is 2.28. The Hall–Kier alpha value is -1.70. The molecule has 5 heteroatoms. The van der Waals surface area contributed by atoms with Crippen LogP contribution < -0.4 is 5.32 Å². The van der Waals surface area contributed by atoms with Crippen LogP contribution in [-0.2, 0) is 4.79 Å². The zero-order chi connectivity index (χ0) is 12.0. The summed E-state index contributed by atoms with van der Waals surface area (Å²) in [4.78, 5) is 23.4. The Morgan fingerprint density at radius 3 is 2.69 bits per heavy atom. The van der Waals surface area contributed by atoms with E-state index in [2.05, 4.69) is 11.2 Å². The summed E-state index contributed by atoms with van der Waals surface area (Å²) in [5.41, 5.74) is 0. The zero-order valence-electron chi connectivity index (χ0n) is 9.11. The van der Waals surface area contributed by atoms with Crippen molar-refractivity contribution in [1.29, 1.82) is 0 Å². The number of carboxylic acid groups (broad SMARTS) is 1. The minimum Gasteiger partial charge on any atom is -0.481 e. The van der Waals surface area contributed by atoms with E-state index in [9.17, 15) is 9.59 Å².